The maximum Gasteiger partial charge on any atom is 0.255 e. The number of hydrogen-bond acceptors (Lipinski definition) is 3. The molecule has 1 saturated carbocycles. The quantitative estimate of drug-likeness (QED) is 0.722. The molecule has 0 bridgehead atoms. The molecule has 1 aromatic carbocycles. The Morgan fingerprint density at radius 3 is 2.72 bits per heavy atom. The summed E-state index contributed by atoms with van der Waals surface area (Å²) in [5.41, 5.74) is -0.517. The second-order valence-corrected chi connectivity index (χ2v) is 6.02. The SMILES string of the molecule is O=C(NCC1(O)CCCC1)c1cc(I)ccc1O. The van der Waals surface area contributed by atoms with Crippen LogP contribution in [0, 0.1) is 3.57 Å². The first-order valence-electron chi connectivity index (χ1n) is 5.99. The van der Waals surface area contributed by atoms with Gasteiger partial charge in [-0.05, 0) is 53.6 Å². The smallest absolute Gasteiger partial charge is 0.255 e. The molecule has 0 radical (unpaired) electrons. The Morgan fingerprint density at radius 1 is 1.39 bits per heavy atom. The molecule has 1 fully saturated rings. The number of halogens is 1. The van der Waals surface area contributed by atoms with E-state index in [9.17, 15) is 15.0 Å². The van der Waals surface area contributed by atoms with E-state index >= 15 is 0 Å². The number of hydrogen-bond donors (Lipinski definition) is 3. The molecular formula is C13H16INO3. The molecule has 0 aliphatic heterocycles. The van der Waals surface area contributed by atoms with Gasteiger partial charge in [0.05, 0.1) is 11.2 Å². The van der Waals surface area contributed by atoms with Crippen LogP contribution in [0.5, 0.6) is 5.75 Å². The third kappa shape index (κ3) is 3.14. The summed E-state index contributed by atoms with van der Waals surface area (Å²) < 4.78 is 0.884. The number of aliphatic hydroxyl groups is 1. The largest absolute Gasteiger partial charge is 0.507 e. The van der Waals surface area contributed by atoms with Crippen LogP contribution in [-0.4, -0.2) is 28.3 Å². The molecule has 1 aliphatic carbocycles. The van der Waals surface area contributed by atoms with Crippen molar-refractivity contribution in [1.29, 1.82) is 0 Å². The number of benzene rings is 1. The molecule has 18 heavy (non-hydrogen) atoms. The summed E-state index contributed by atoms with van der Waals surface area (Å²) in [5, 5.41) is 22.5. The standard InChI is InChI=1S/C13H16INO3/c14-9-3-4-11(16)10(7-9)12(17)15-8-13(18)5-1-2-6-13/h3-4,7,16,18H,1-2,5-6,8H2,(H,15,17). The summed E-state index contributed by atoms with van der Waals surface area (Å²) in [6, 6.07) is 4.86. The minimum atomic E-state index is -0.771. The third-order valence-corrected chi connectivity index (χ3v) is 3.99. The zero-order valence-corrected chi connectivity index (χ0v) is 12.1. The normalized spacial score (nSPS) is 17.7. The second-order valence-electron chi connectivity index (χ2n) is 4.78. The number of carbonyl (C=O) groups is 1. The molecule has 5 heteroatoms. The number of carbonyl (C=O) groups excluding carboxylic acids is 1. The predicted octanol–water partition coefficient (Wildman–Crippen LogP) is 2.03. The molecule has 0 heterocycles. The van der Waals surface area contributed by atoms with Gasteiger partial charge in [-0.3, -0.25) is 4.79 Å². The molecule has 0 atom stereocenters. The van der Waals surface area contributed by atoms with Gasteiger partial charge in [0.25, 0.3) is 5.91 Å². The lowest BCUT2D eigenvalue weighted by molar-refractivity contribution is 0.0449. The highest BCUT2D eigenvalue weighted by Crippen LogP contribution is 2.28. The van der Waals surface area contributed by atoms with Gasteiger partial charge >= 0.3 is 0 Å². The van der Waals surface area contributed by atoms with Gasteiger partial charge in [0.15, 0.2) is 0 Å². The lowest BCUT2D eigenvalue weighted by Crippen LogP contribution is -2.40. The topological polar surface area (TPSA) is 69.6 Å². The van der Waals surface area contributed by atoms with Gasteiger partial charge in [-0.1, -0.05) is 12.8 Å². The van der Waals surface area contributed by atoms with Crippen LogP contribution in [0.25, 0.3) is 0 Å². The van der Waals surface area contributed by atoms with E-state index in [1.54, 1.807) is 12.1 Å². The fourth-order valence-electron chi connectivity index (χ4n) is 2.24. The molecule has 3 N–H and O–H groups in total. The number of phenolic OH excluding ortho intramolecular Hbond substituents is 1. The van der Waals surface area contributed by atoms with Gasteiger partial charge in [-0.25, -0.2) is 0 Å². The zero-order valence-electron chi connectivity index (χ0n) is 9.95. The molecule has 0 aromatic heterocycles. The van der Waals surface area contributed by atoms with E-state index in [-0.39, 0.29) is 23.8 Å². The molecule has 4 nitrogen and oxygen atoms in total. The minimum Gasteiger partial charge on any atom is -0.507 e. The van der Waals surface area contributed by atoms with Crippen molar-refractivity contribution >= 4 is 28.5 Å². The summed E-state index contributed by atoms with van der Waals surface area (Å²) in [7, 11) is 0. The first-order chi connectivity index (χ1) is 8.50. The van der Waals surface area contributed by atoms with Crippen LogP contribution < -0.4 is 5.32 Å². The molecule has 98 valence electrons. The van der Waals surface area contributed by atoms with Crippen molar-refractivity contribution in [3.63, 3.8) is 0 Å². The number of rotatable bonds is 3. The van der Waals surface area contributed by atoms with E-state index in [4.69, 9.17) is 0 Å². The maximum atomic E-state index is 11.9. The average molecular weight is 361 g/mol. The summed E-state index contributed by atoms with van der Waals surface area (Å²) in [6.07, 6.45) is 3.46. The summed E-state index contributed by atoms with van der Waals surface area (Å²) in [6.45, 7) is 0.247. The summed E-state index contributed by atoms with van der Waals surface area (Å²) >= 11 is 2.08. The lowest BCUT2D eigenvalue weighted by atomic mass is 10.0. The fourth-order valence-corrected chi connectivity index (χ4v) is 2.73. The van der Waals surface area contributed by atoms with Crippen LogP contribution >= 0.6 is 22.6 Å². The number of phenols is 1. The van der Waals surface area contributed by atoms with E-state index in [1.165, 1.54) is 6.07 Å². The molecule has 0 unspecified atom stereocenters. The van der Waals surface area contributed by atoms with Gasteiger partial charge in [0, 0.05) is 10.1 Å². The van der Waals surface area contributed by atoms with Crippen LogP contribution in [0.4, 0.5) is 0 Å². The van der Waals surface area contributed by atoms with E-state index in [2.05, 4.69) is 27.9 Å². The first kappa shape index (κ1) is 13.6. The molecule has 1 aliphatic rings. The van der Waals surface area contributed by atoms with Gasteiger partial charge in [0.1, 0.15) is 5.75 Å². The molecule has 1 aromatic rings. The molecular weight excluding hydrogens is 345 g/mol. The van der Waals surface area contributed by atoms with Gasteiger partial charge in [-0.2, -0.15) is 0 Å². The van der Waals surface area contributed by atoms with E-state index < -0.39 is 5.60 Å². The van der Waals surface area contributed by atoms with Crippen LogP contribution in [0.15, 0.2) is 18.2 Å². The Morgan fingerprint density at radius 2 is 2.06 bits per heavy atom. The van der Waals surface area contributed by atoms with Crippen LogP contribution in [0.3, 0.4) is 0 Å². The lowest BCUT2D eigenvalue weighted by Gasteiger charge is -2.22. The minimum absolute atomic E-state index is 0.0358. The average Bonchev–Trinajstić information content (AvgIpc) is 2.77. The Bertz CT molecular complexity index is 456. The maximum absolute atomic E-state index is 11.9. The second kappa shape index (κ2) is 5.44. The molecule has 1 amide bonds. The fraction of sp³-hybridized carbons (Fsp3) is 0.462. The van der Waals surface area contributed by atoms with E-state index in [1.807, 2.05) is 0 Å². The van der Waals surface area contributed by atoms with Gasteiger partial charge in [0.2, 0.25) is 0 Å². The van der Waals surface area contributed by atoms with Gasteiger partial charge in [-0.15, -0.1) is 0 Å². The molecule has 2 rings (SSSR count). The number of nitrogens with one attached hydrogen (secondary N) is 1. The molecule has 0 saturated heterocycles. The first-order valence-corrected chi connectivity index (χ1v) is 7.07. The highest BCUT2D eigenvalue weighted by molar-refractivity contribution is 14.1. The molecule has 0 spiro atoms. The third-order valence-electron chi connectivity index (χ3n) is 3.32. The van der Waals surface area contributed by atoms with Crippen LogP contribution in [0.2, 0.25) is 0 Å². The monoisotopic (exact) mass is 361 g/mol. The highest BCUT2D eigenvalue weighted by Gasteiger charge is 2.31. The van der Waals surface area contributed by atoms with Crippen LogP contribution in [0.1, 0.15) is 36.0 Å². The van der Waals surface area contributed by atoms with Crippen molar-refractivity contribution in [2.24, 2.45) is 0 Å². The number of aromatic hydroxyl groups is 1. The van der Waals surface area contributed by atoms with E-state index in [0.29, 0.717) is 0 Å². The van der Waals surface area contributed by atoms with Crippen molar-refractivity contribution in [2.45, 2.75) is 31.3 Å². The summed E-state index contributed by atoms with van der Waals surface area (Å²) in [4.78, 5) is 11.9. The van der Waals surface area contributed by atoms with Crippen molar-refractivity contribution in [1.82, 2.24) is 5.32 Å². The Labute approximate surface area is 120 Å². The van der Waals surface area contributed by atoms with Crippen molar-refractivity contribution in [2.75, 3.05) is 6.54 Å². The van der Waals surface area contributed by atoms with Crippen molar-refractivity contribution in [3.8, 4) is 5.75 Å². The zero-order chi connectivity index (χ0) is 13.2. The number of amides is 1. The van der Waals surface area contributed by atoms with Crippen molar-refractivity contribution in [3.05, 3.63) is 27.3 Å². The van der Waals surface area contributed by atoms with E-state index in [0.717, 1.165) is 29.3 Å². The Hall–Kier alpha value is -0.820. The Balaban J connectivity index is 2.01. The highest BCUT2D eigenvalue weighted by atomic mass is 127. The Kier molecular flexibility index (Phi) is 4.11. The summed E-state index contributed by atoms with van der Waals surface area (Å²) in [5.74, 6) is -0.377. The predicted molar refractivity (Wildman–Crippen MR) is 76.6 cm³/mol. The van der Waals surface area contributed by atoms with Crippen LogP contribution in [-0.2, 0) is 0 Å². The van der Waals surface area contributed by atoms with Gasteiger partial charge < -0.3 is 15.5 Å². The van der Waals surface area contributed by atoms with Crippen molar-refractivity contribution < 1.29 is 15.0 Å².